The summed E-state index contributed by atoms with van der Waals surface area (Å²) >= 11 is 0. The maximum absolute atomic E-state index is 12.2. The van der Waals surface area contributed by atoms with Gasteiger partial charge in [0.1, 0.15) is 18.7 Å². The number of piperidine rings is 3. The zero-order valence-electron chi connectivity index (χ0n) is 25.2. The Labute approximate surface area is 235 Å². The number of rotatable bonds is 6. The van der Waals surface area contributed by atoms with Crippen LogP contribution in [-0.2, 0) is 24.0 Å². The summed E-state index contributed by atoms with van der Waals surface area (Å²) in [5.74, 6) is 1.40. The van der Waals surface area contributed by atoms with Crippen LogP contribution in [0.15, 0.2) is 48.7 Å². The van der Waals surface area contributed by atoms with E-state index in [0.717, 1.165) is 52.6 Å². The minimum Gasteiger partial charge on any atom is -0.392 e. The number of hydrogen-bond acceptors (Lipinski definition) is 3. The molecular weight excluding hydrogens is 480 g/mol. The van der Waals surface area contributed by atoms with Gasteiger partial charge in [-0.15, -0.1) is 0 Å². The van der Waals surface area contributed by atoms with Gasteiger partial charge in [0.25, 0.3) is 0 Å². The fourth-order valence-corrected chi connectivity index (χ4v) is 7.45. The van der Waals surface area contributed by atoms with Gasteiger partial charge in [0.05, 0.1) is 25.2 Å². The number of pyridine rings is 1. The molecular formula is C35H49N2O2+. The van der Waals surface area contributed by atoms with Crippen molar-refractivity contribution in [2.24, 2.45) is 11.8 Å². The van der Waals surface area contributed by atoms with Crippen molar-refractivity contribution in [3.63, 3.8) is 0 Å². The van der Waals surface area contributed by atoms with E-state index in [2.05, 4.69) is 71.6 Å². The SMILES string of the molecule is CCC1C[N+]2(Cc3cc(C(C)(C)C)cc(C(C)(C)C)c3)CCC1C[C@@H]2[C@@H](O)c1ccnc2ccc(CO)cc12. The Morgan fingerprint density at radius 2 is 1.64 bits per heavy atom. The van der Waals surface area contributed by atoms with Crippen LogP contribution >= 0.6 is 0 Å². The fourth-order valence-electron chi connectivity index (χ4n) is 7.45. The van der Waals surface area contributed by atoms with Crippen molar-refractivity contribution in [1.29, 1.82) is 0 Å². The summed E-state index contributed by atoms with van der Waals surface area (Å²) in [6, 6.07) is 15.4. The van der Waals surface area contributed by atoms with Gasteiger partial charge in [0.15, 0.2) is 0 Å². The van der Waals surface area contributed by atoms with Crippen LogP contribution in [0.2, 0.25) is 0 Å². The van der Waals surface area contributed by atoms with Crippen molar-refractivity contribution in [3.05, 3.63) is 76.5 Å². The quantitative estimate of drug-likeness (QED) is 0.332. The van der Waals surface area contributed by atoms with Crippen molar-refractivity contribution in [2.45, 2.75) is 104 Å². The topological polar surface area (TPSA) is 53.4 Å². The van der Waals surface area contributed by atoms with E-state index in [9.17, 15) is 10.2 Å². The minimum absolute atomic E-state index is 0.00964. The third-order valence-corrected chi connectivity index (χ3v) is 9.91. The molecule has 3 aliphatic rings. The molecule has 5 atom stereocenters. The van der Waals surface area contributed by atoms with Gasteiger partial charge in [0, 0.05) is 35.9 Å². The summed E-state index contributed by atoms with van der Waals surface area (Å²) in [5, 5.41) is 23.0. The standard InChI is InChI=1S/C35H49N2O2/c1-8-25-21-37(20-24-15-27(34(2,3)4)19-28(16-24)35(5,6)7)14-12-26(25)18-32(37)33(39)29-11-13-36-31-10-9-23(22-38)17-30(29)31/h9-11,13,15-17,19,25-26,32-33,38-39H,8,12,14,18,20-22H2,1-7H3/q+1/t25?,26?,32-,33+,37?/m1/s1. The summed E-state index contributed by atoms with van der Waals surface area (Å²) in [5.41, 5.74) is 7.06. The Bertz CT molecular complexity index is 1300. The molecule has 6 rings (SSSR count). The molecule has 4 heteroatoms. The van der Waals surface area contributed by atoms with Crippen LogP contribution < -0.4 is 0 Å². The lowest BCUT2D eigenvalue weighted by atomic mass is 9.70. The molecule has 0 aliphatic carbocycles. The summed E-state index contributed by atoms with van der Waals surface area (Å²) in [6.45, 7) is 19.4. The average Bonchev–Trinajstić information content (AvgIpc) is 2.90. The van der Waals surface area contributed by atoms with Gasteiger partial charge in [-0.25, -0.2) is 0 Å². The third-order valence-electron chi connectivity index (χ3n) is 9.91. The zero-order chi connectivity index (χ0) is 28.2. The molecule has 0 spiro atoms. The summed E-state index contributed by atoms with van der Waals surface area (Å²) in [6.07, 6.45) is 4.78. The monoisotopic (exact) mass is 529 g/mol. The maximum atomic E-state index is 12.2. The number of hydrogen-bond donors (Lipinski definition) is 2. The maximum Gasteiger partial charge on any atom is 0.131 e. The Morgan fingerprint density at radius 3 is 2.26 bits per heavy atom. The first-order valence-corrected chi connectivity index (χ1v) is 15.0. The second-order valence-corrected chi connectivity index (χ2v) is 14.6. The highest BCUT2D eigenvalue weighted by Crippen LogP contribution is 2.49. The number of benzene rings is 2. The molecule has 3 fully saturated rings. The van der Waals surface area contributed by atoms with Crippen molar-refractivity contribution in [2.75, 3.05) is 13.1 Å². The minimum atomic E-state index is -0.571. The van der Waals surface area contributed by atoms with Gasteiger partial charge >= 0.3 is 0 Å². The van der Waals surface area contributed by atoms with Crippen LogP contribution in [0.4, 0.5) is 0 Å². The van der Waals surface area contributed by atoms with Crippen molar-refractivity contribution < 1.29 is 14.7 Å². The molecule has 2 aromatic carbocycles. The van der Waals surface area contributed by atoms with E-state index in [1.54, 1.807) is 0 Å². The molecule has 0 saturated carbocycles. The lowest BCUT2D eigenvalue weighted by Crippen LogP contribution is -2.67. The number of aromatic nitrogens is 1. The molecule has 3 aromatic rings. The van der Waals surface area contributed by atoms with Crippen molar-refractivity contribution in [3.8, 4) is 0 Å². The highest BCUT2D eigenvalue weighted by Gasteiger charge is 2.54. The molecule has 2 N–H and O–H groups in total. The Balaban J connectivity index is 1.59. The first-order chi connectivity index (χ1) is 18.3. The Hall–Kier alpha value is -2.27. The van der Waals surface area contributed by atoms with E-state index < -0.39 is 6.10 Å². The number of aliphatic hydroxyl groups excluding tert-OH is 2. The molecule has 3 aliphatic heterocycles. The molecule has 2 bridgehead atoms. The second kappa shape index (κ2) is 10.3. The number of aliphatic hydroxyl groups is 2. The highest BCUT2D eigenvalue weighted by molar-refractivity contribution is 5.83. The Morgan fingerprint density at radius 1 is 0.949 bits per heavy atom. The number of fused-ring (bicyclic) bond motifs is 4. The van der Waals surface area contributed by atoms with E-state index in [-0.39, 0.29) is 23.5 Å². The number of nitrogens with zero attached hydrogens (tertiary/aromatic N) is 2. The predicted octanol–water partition coefficient (Wildman–Crippen LogP) is 7.19. The van der Waals surface area contributed by atoms with E-state index in [4.69, 9.17) is 0 Å². The molecule has 1 aromatic heterocycles. The molecule has 3 unspecified atom stereocenters. The van der Waals surface area contributed by atoms with E-state index in [1.807, 2.05) is 30.5 Å². The predicted molar refractivity (Wildman–Crippen MR) is 160 cm³/mol. The molecule has 39 heavy (non-hydrogen) atoms. The smallest absolute Gasteiger partial charge is 0.131 e. The average molecular weight is 530 g/mol. The normalized spacial score (nSPS) is 26.2. The van der Waals surface area contributed by atoms with Gasteiger partial charge in [-0.2, -0.15) is 0 Å². The van der Waals surface area contributed by atoms with Crippen molar-refractivity contribution >= 4 is 10.9 Å². The van der Waals surface area contributed by atoms with E-state index in [1.165, 1.54) is 29.5 Å². The molecule has 210 valence electrons. The first kappa shape index (κ1) is 28.3. The lowest BCUT2D eigenvalue weighted by molar-refractivity contribution is -0.985. The van der Waals surface area contributed by atoms with Crippen LogP contribution in [0.3, 0.4) is 0 Å². The fraction of sp³-hybridized carbons (Fsp3) is 0.571. The molecule has 3 saturated heterocycles. The van der Waals surface area contributed by atoms with Crippen LogP contribution in [0.25, 0.3) is 10.9 Å². The molecule has 0 amide bonds. The molecule has 4 heterocycles. The van der Waals surface area contributed by atoms with Gasteiger partial charge in [-0.3, -0.25) is 4.98 Å². The van der Waals surface area contributed by atoms with Crippen LogP contribution in [-0.4, -0.2) is 38.8 Å². The second-order valence-electron chi connectivity index (χ2n) is 14.6. The summed E-state index contributed by atoms with van der Waals surface area (Å²) in [4.78, 5) is 4.57. The first-order valence-electron chi connectivity index (χ1n) is 15.0. The summed E-state index contributed by atoms with van der Waals surface area (Å²) in [7, 11) is 0. The van der Waals surface area contributed by atoms with E-state index >= 15 is 0 Å². The third kappa shape index (κ3) is 5.40. The highest BCUT2D eigenvalue weighted by atomic mass is 16.3. The van der Waals surface area contributed by atoms with Crippen LogP contribution in [0.1, 0.15) is 102 Å². The Kier molecular flexibility index (Phi) is 7.45. The van der Waals surface area contributed by atoms with Gasteiger partial charge in [-0.05, 0) is 75.8 Å². The van der Waals surface area contributed by atoms with Crippen molar-refractivity contribution in [1.82, 2.24) is 4.98 Å². The molecule has 4 nitrogen and oxygen atoms in total. The van der Waals surface area contributed by atoms with Gasteiger partial charge in [0.2, 0.25) is 0 Å². The summed E-state index contributed by atoms with van der Waals surface area (Å²) < 4.78 is 0.955. The molecule has 0 radical (unpaired) electrons. The van der Waals surface area contributed by atoms with Gasteiger partial charge in [-0.1, -0.05) is 60.6 Å². The number of quaternary nitrogens is 1. The van der Waals surface area contributed by atoms with Crippen LogP contribution in [0.5, 0.6) is 0 Å². The van der Waals surface area contributed by atoms with E-state index in [0.29, 0.717) is 11.8 Å². The van der Waals surface area contributed by atoms with Gasteiger partial charge < -0.3 is 14.7 Å². The van der Waals surface area contributed by atoms with Crippen LogP contribution in [0, 0.1) is 11.8 Å². The largest absolute Gasteiger partial charge is 0.392 e. The lowest BCUT2D eigenvalue weighted by Gasteiger charge is -2.58. The zero-order valence-corrected chi connectivity index (χ0v) is 25.2.